The molecule has 0 saturated carbocycles. The predicted molar refractivity (Wildman–Crippen MR) is 39.7 cm³/mol. The fraction of sp³-hybridized carbons (Fsp3) is 0.286. The Balaban J connectivity index is 3.07. The van der Waals surface area contributed by atoms with Gasteiger partial charge in [-0.25, -0.2) is 0 Å². The maximum absolute atomic E-state index is 10.7. The van der Waals surface area contributed by atoms with Crippen molar-refractivity contribution in [2.75, 3.05) is 0 Å². The van der Waals surface area contributed by atoms with Gasteiger partial charge in [0.05, 0.1) is 0 Å². The van der Waals surface area contributed by atoms with Crippen LogP contribution in [-0.4, -0.2) is 4.98 Å². The van der Waals surface area contributed by atoms with E-state index < -0.39 is 0 Å². The maximum atomic E-state index is 10.7. The first-order valence-electron chi connectivity index (χ1n) is 3.14. The van der Waals surface area contributed by atoms with Crippen LogP contribution < -0.4 is 11.3 Å². The number of nitrogens with two attached hydrogens (primary N) is 1. The smallest absolute Gasteiger partial charge is 0.248 e. The summed E-state index contributed by atoms with van der Waals surface area (Å²) < 4.78 is 0. The van der Waals surface area contributed by atoms with Gasteiger partial charge in [-0.05, 0) is 18.6 Å². The number of hydrogen-bond donors (Lipinski definition) is 2. The third-order valence-corrected chi connectivity index (χ3v) is 1.32. The van der Waals surface area contributed by atoms with E-state index >= 15 is 0 Å². The van der Waals surface area contributed by atoms with Crippen molar-refractivity contribution < 1.29 is 0 Å². The molecule has 1 aromatic heterocycles. The summed E-state index contributed by atoms with van der Waals surface area (Å²) >= 11 is 0. The summed E-state index contributed by atoms with van der Waals surface area (Å²) in [6.45, 7) is 1.84. The normalized spacial score (nSPS) is 13.0. The van der Waals surface area contributed by atoms with Crippen molar-refractivity contribution >= 4 is 0 Å². The van der Waals surface area contributed by atoms with Gasteiger partial charge in [-0.2, -0.15) is 0 Å². The number of H-pyrrole nitrogens is 1. The van der Waals surface area contributed by atoms with Crippen LogP contribution in [0.25, 0.3) is 0 Å². The molecule has 1 rings (SSSR count). The molecule has 0 saturated heterocycles. The summed E-state index contributed by atoms with van der Waals surface area (Å²) in [5, 5.41) is 0. The highest BCUT2D eigenvalue weighted by molar-refractivity contribution is 5.13. The van der Waals surface area contributed by atoms with E-state index in [0.29, 0.717) is 0 Å². The highest BCUT2D eigenvalue weighted by atomic mass is 16.1. The second-order valence-electron chi connectivity index (χ2n) is 2.27. The van der Waals surface area contributed by atoms with Crippen LogP contribution in [0.15, 0.2) is 23.1 Å². The Morgan fingerprint density at radius 1 is 1.70 bits per heavy atom. The molecule has 3 N–H and O–H groups in total. The second kappa shape index (κ2) is 2.66. The molecule has 0 aliphatic carbocycles. The van der Waals surface area contributed by atoms with E-state index in [1.54, 1.807) is 12.3 Å². The Hall–Kier alpha value is -1.09. The first-order valence-corrected chi connectivity index (χ1v) is 3.14. The number of pyridine rings is 1. The third-order valence-electron chi connectivity index (χ3n) is 1.32. The topological polar surface area (TPSA) is 58.9 Å². The zero-order valence-corrected chi connectivity index (χ0v) is 5.79. The minimum atomic E-state index is -0.102. The van der Waals surface area contributed by atoms with Gasteiger partial charge < -0.3 is 10.7 Å². The van der Waals surface area contributed by atoms with Gasteiger partial charge in [0.1, 0.15) is 0 Å². The zero-order chi connectivity index (χ0) is 7.56. The number of aromatic nitrogens is 1. The Morgan fingerprint density at radius 2 is 2.40 bits per heavy atom. The van der Waals surface area contributed by atoms with Gasteiger partial charge in [0, 0.05) is 18.3 Å². The molecule has 0 fully saturated rings. The zero-order valence-electron chi connectivity index (χ0n) is 5.79. The molecule has 1 aromatic rings. The van der Waals surface area contributed by atoms with E-state index in [1.165, 1.54) is 6.07 Å². The monoisotopic (exact) mass is 138 g/mol. The Morgan fingerprint density at radius 3 is 2.80 bits per heavy atom. The van der Waals surface area contributed by atoms with Gasteiger partial charge in [0.25, 0.3) is 0 Å². The van der Waals surface area contributed by atoms with E-state index in [9.17, 15) is 4.79 Å². The largest absolute Gasteiger partial charge is 0.329 e. The maximum Gasteiger partial charge on any atom is 0.248 e. The highest BCUT2D eigenvalue weighted by Crippen LogP contribution is 2.03. The summed E-state index contributed by atoms with van der Waals surface area (Å²) in [7, 11) is 0. The molecule has 3 heteroatoms. The molecule has 54 valence electrons. The van der Waals surface area contributed by atoms with Crippen LogP contribution in [0, 0.1) is 0 Å². The number of aromatic amines is 1. The van der Waals surface area contributed by atoms with E-state index in [2.05, 4.69) is 4.98 Å². The molecule has 0 radical (unpaired) electrons. The summed E-state index contributed by atoms with van der Waals surface area (Å²) in [5.74, 6) is 0. The van der Waals surface area contributed by atoms with Crippen LogP contribution in [0.2, 0.25) is 0 Å². The van der Waals surface area contributed by atoms with Crippen LogP contribution >= 0.6 is 0 Å². The summed E-state index contributed by atoms with van der Waals surface area (Å²) in [5.41, 5.74) is 6.29. The minimum Gasteiger partial charge on any atom is -0.329 e. The van der Waals surface area contributed by atoms with Crippen molar-refractivity contribution in [2.24, 2.45) is 5.73 Å². The van der Waals surface area contributed by atoms with E-state index in [4.69, 9.17) is 5.73 Å². The molecule has 0 aliphatic rings. The fourth-order valence-electron chi connectivity index (χ4n) is 0.744. The highest BCUT2D eigenvalue weighted by Gasteiger charge is 1.96. The molecule has 3 nitrogen and oxygen atoms in total. The van der Waals surface area contributed by atoms with Gasteiger partial charge in [-0.3, -0.25) is 4.79 Å². The molecule has 0 aromatic carbocycles. The van der Waals surface area contributed by atoms with Crippen LogP contribution in [0.5, 0.6) is 0 Å². The molecule has 1 heterocycles. The van der Waals surface area contributed by atoms with Crippen LogP contribution in [0.4, 0.5) is 0 Å². The molecule has 0 amide bonds. The van der Waals surface area contributed by atoms with Crippen molar-refractivity contribution in [1.82, 2.24) is 4.98 Å². The molecule has 0 spiro atoms. The van der Waals surface area contributed by atoms with Crippen molar-refractivity contribution in [2.45, 2.75) is 13.0 Å². The van der Waals surface area contributed by atoms with Gasteiger partial charge >= 0.3 is 0 Å². The Kier molecular flexibility index (Phi) is 1.87. The van der Waals surface area contributed by atoms with E-state index in [0.717, 1.165) is 5.56 Å². The first kappa shape index (κ1) is 7.02. The van der Waals surface area contributed by atoms with E-state index in [1.807, 2.05) is 6.92 Å². The summed E-state index contributed by atoms with van der Waals surface area (Å²) in [4.78, 5) is 13.2. The molecule has 0 aliphatic heterocycles. The molecule has 1 atom stereocenters. The van der Waals surface area contributed by atoms with Crippen LogP contribution in [-0.2, 0) is 0 Å². The predicted octanol–water partition coefficient (Wildman–Crippen LogP) is 0.395. The summed E-state index contributed by atoms with van der Waals surface area (Å²) in [6, 6.07) is 3.23. The van der Waals surface area contributed by atoms with E-state index in [-0.39, 0.29) is 11.6 Å². The summed E-state index contributed by atoms with van der Waals surface area (Å²) in [6.07, 6.45) is 1.60. The number of nitrogens with one attached hydrogen (secondary N) is 1. The molecule has 0 bridgehead atoms. The SMILES string of the molecule is C[C@@H](N)c1cc[nH]c(=O)c1. The Bertz CT molecular complexity index is 264. The van der Waals surface area contributed by atoms with Crippen LogP contribution in [0.1, 0.15) is 18.5 Å². The van der Waals surface area contributed by atoms with Crippen LogP contribution in [0.3, 0.4) is 0 Å². The van der Waals surface area contributed by atoms with Crippen molar-refractivity contribution in [3.63, 3.8) is 0 Å². The second-order valence-corrected chi connectivity index (χ2v) is 2.27. The quantitative estimate of drug-likeness (QED) is 0.590. The number of hydrogen-bond acceptors (Lipinski definition) is 2. The number of rotatable bonds is 1. The lowest BCUT2D eigenvalue weighted by Crippen LogP contribution is -2.10. The lowest BCUT2D eigenvalue weighted by molar-refractivity contribution is 0.813. The molecule has 0 unspecified atom stereocenters. The van der Waals surface area contributed by atoms with Crippen molar-refractivity contribution in [3.8, 4) is 0 Å². The standard InChI is InChI=1S/C7H10N2O/c1-5(8)6-2-3-9-7(10)4-6/h2-5H,8H2,1H3,(H,9,10)/t5-/m1/s1. The molecular weight excluding hydrogens is 128 g/mol. The lowest BCUT2D eigenvalue weighted by atomic mass is 10.1. The minimum absolute atomic E-state index is 0.0673. The first-order chi connectivity index (χ1) is 4.70. The molecular formula is C7H10N2O. The van der Waals surface area contributed by atoms with Gasteiger partial charge in [-0.1, -0.05) is 0 Å². The fourth-order valence-corrected chi connectivity index (χ4v) is 0.744. The van der Waals surface area contributed by atoms with Gasteiger partial charge in [0.2, 0.25) is 5.56 Å². The van der Waals surface area contributed by atoms with Crippen molar-refractivity contribution in [3.05, 3.63) is 34.2 Å². The van der Waals surface area contributed by atoms with Gasteiger partial charge in [-0.15, -0.1) is 0 Å². The average molecular weight is 138 g/mol. The average Bonchev–Trinajstić information content (AvgIpc) is 1.88. The van der Waals surface area contributed by atoms with Gasteiger partial charge in [0.15, 0.2) is 0 Å². The molecule has 10 heavy (non-hydrogen) atoms. The third kappa shape index (κ3) is 1.45. The Labute approximate surface area is 58.9 Å². The van der Waals surface area contributed by atoms with Crippen molar-refractivity contribution in [1.29, 1.82) is 0 Å². The lowest BCUT2D eigenvalue weighted by Gasteiger charge is -2.01.